The maximum Gasteiger partial charge on any atom is 0.137 e. The zero-order valence-electron chi connectivity index (χ0n) is 10.4. The number of amides is 1. The summed E-state index contributed by atoms with van der Waals surface area (Å²) in [5, 5.41) is 20.4. The summed E-state index contributed by atoms with van der Waals surface area (Å²) in [6, 6.07) is 0. The Morgan fingerprint density at radius 3 is 2.19 bits per heavy atom. The predicted octanol–water partition coefficient (Wildman–Crippen LogP) is 0.981. The number of nitrogens with zero attached hydrogens (tertiary/aromatic N) is 1. The van der Waals surface area contributed by atoms with Crippen LogP contribution in [0.4, 0.5) is 4.79 Å². The van der Waals surface area contributed by atoms with Gasteiger partial charge in [-0.1, -0.05) is 0 Å². The summed E-state index contributed by atoms with van der Waals surface area (Å²) < 4.78 is 0. The lowest BCUT2D eigenvalue weighted by Crippen LogP contribution is -2.53. The van der Waals surface area contributed by atoms with Crippen LogP contribution < -0.4 is 5.11 Å². The molecule has 0 bridgehead atoms. The fourth-order valence-corrected chi connectivity index (χ4v) is 2.21. The highest BCUT2D eigenvalue weighted by atomic mass is 16.4. The quantitative estimate of drug-likeness (QED) is 0.766. The number of carbonyl (C=O) groups is 1. The van der Waals surface area contributed by atoms with Crippen molar-refractivity contribution in [1.82, 2.24) is 4.90 Å². The molecule has 16 heavy (non-hydrogen) atoms. The Morgan fingerprint density at radius 2 is 1.81 bits per heavy atom. The van der Waals surface area contributed by atoms with Gasteiger partial charge in [-0.2, -0.15) is 0 Å². The molecule has 0 aromatic rings. The Morgan fingerprint density at radius 1 is 1.31 bits per heavy atom. The molecular weight excluding hydrogens is 206 g/mol. The van der Waals surface area contributed by atoms with Crippen LogP contribution in [0.5, 0.6) is 0 Å². The molecule has 0 saturated heterocycles. The Balaban J connectivity index is 2.53. The van der Waals surface area contributed by atoms with Crippen molar-refractivity contribution < 1.29 is 15.0 Å². The van der Waals surface area contributed by atoms with Crippen molar-refractivity contribution in [2.45, 2.75) is 58.1 Å². The minimum Gasteiger partial charge on any atom is -0.530 e. The zero-order chi connectivity index (χ0) is 12.3. The van der Waals surface area contributed by atoms with Gasteiger partial charge in [-0.25, -0.2) is 0 Å². The number of carboxylic acid groups (broad SMARTS) is 1. The molecule has 1 aliphatic carbocycles. The van der Waals surface area contributed by atoms with E-state index < -0.39 is 11.6 Å². The number of hydrogen-bond donors (Lipinski definition) is 1. The second-order valence-corrected chi connectivity index (χ2v) is 5.72. The minimum atomic E-state index is -1.10. The fourth-order valence-electron chi connectivity index (χ4n) is 2.21. The summed E-state index contributed by atoms with van der Waals surface area (Å²) in [5.74, 6) is 0.362. The van der Waals surface area contributed by atoms with E-state index in [0.29, 0.717) is 12.5 Å². The summed E-state index contributed by atoms with van der Waals surface area (Å²) in [4.78, 5) is 12.4. The van der Waals surface area contributed by atoms with E-state index in [2.05, 4.69) is 0 Å². The molecule has 1 N–H and O–H groups in total. The summed E-state index contributed by atoms with van der Waals surface area (Å²) in [5.41, 5.74) is -0.408. The molecule has 1 rings (SSSR count). The standard InChI is InChI=1S/C12H23NO3/c1-12(2,3)13(11(15)16)8-9-4-6-10(14)7-5-9/h9-10,14H,4-8H2,1-3H3,(H,15,16)/p-1. The van der Waals surface area contributed by atoms with Gasteiger partial charge in [0.15, 0.2) is 0 Å². The lowest BCUT2D eigenvalue weighted by atomic mass is 9.86. The first-order valence-corrected chi connectivity index (χ1v) is 5.97. The van der Waals surface area contributed by atoms with Crippen molar-refractivity contribution in [3.63, 3.8) is 0 Å². The largest absolute Gasteiger partial charge is 0.530 e. The third kappa shape index (κ3) is 3.67. The maximum absolute atomic E-state index is 11.0. The zero-order valence-corrected chi connectivity index (χ0v) is 10.4. The Kier molecular flexibility index (Phi) is 4.19. The molecule has 1 amide bonds. The van der Waals surface area contributed by atoms with Crippen LogP contribution in [-0.2, 0) is 0 Å². The van der Waals surface area contributed by atoms with Crippen molar-refractivity contribution in [3.05, 3.63) is 0 Å². The van der Waals surface area contributed by atoms with Crippen molar-refractivity contribution in [3.8, 4) is 0 Å². The first kappa shape index (κ1) is 13.3. The molecule has 1 aliphatic rings. The van der Waals surface area contributed by atoms with Crippen molar-refractivity contribution in [1.29, 1.82) is 0 Å². The molecule has 4 nitrogen and oxygen atoms in total. The smallest absolute Gasteiger partial charge is 0.137 e. The van der Waals surface area contributed by atoms with Gasteiger partial charge in [0.25, 0.3) is 0 Å². The summed E-state index contributed by atoms with van der Waals surface area (Å²) >= 11 is 0. The van der Waals surface area contributed by atoms with Crippen LogP contribution >= 0.6 is 0 Å². The van der Waals surface area contributed by atoms with Gasteiger partial charge in [-0.15, -0.1) is 0 Å². The topological polar surface area (TPSA) is 63.6 Å². The molecule has 94 valence electrons. The van der Waals surface area contributed by atoms with Gasteiger partial charge in [-0.05, 0) is 52.4 Å². The lowest BCUT2D eigenvalue weighted by molar-refractivity contribution is -0.271. The molecule has 0 heterocycles. The molecule has 0 radical (unpaired) electrons. The van der Waals surface area contributed by atoms with Gasteiger partial charge in [0.05, 0.1) is 6.10 Å². The van der Waals surface area contributed by atoms with Crippen LogP contribution in [0.25, 0.3) is 0 Å². The van der Waals surface area contributed by atoms with E-state index in [1.807, 2.05) is 20.8 Å². The average Bonchev–Trinajstić information content (AvgIpc) is 2.14. The molecule has 0 unspecified atom stereocenters. The van der Waals surface area contributed by atoms with Gasteiger partial charge in [0.2, 0.25) is 0 Å². The fraction of sp³-hybridized carbons (Fsp3) is 0.917. The molecule has 0 aliphatic heterocycles. The van der Waals surface area contributed by atoms with Crippen molar-refractivity contribution in [2.24, 2.45) is 5.92 Å². The van der Waals surface area contributed by atoms with Gasteiger partial charge >= 0.3 is 0 Å². The molecule has 0 atom stereocenters. The summed E-state index contributed by atoms with van der Waals surface area (Å²) in [6.45, 7) is 6.15. The van der Waals surface area contributed by atoms with E-state index in [1.165, 1.54) is 4.90 Å². The molecule has 4 heteroatoms. The van der Waals surface area contributed by atoms with Crippen LogP contribution in [0.2, 0.25) is 0 Å². The van der Waals surface area contributed by atoms with Crippen LogP contribution in [0, 0.1) is 5.92 Å². The van der Waals surface area contributed by atoms with E-state index >= 15 is 0 Å². The van der Waals surface area contributed by atoms with Crippen molar-refractivity contribution in [2.75, 3.05) is 6.54 Å². The first-order chi connectivity index (χ1) is 7.30. The molecule has 1 saturated carbocycles. The monoisotopic (exact) mass is 228 g/mol. The SMILES string of the molecule is CC(C)(C)N(CC1CCC(O)CC1)C(=O)[O-]. The first-order valence-electron chi connectivity index (χ1n) is 5.97. The molecule has 1 fully saturated rings. The van der Waals surface area contributed by atoms with Crippen molar-refractivity contribution >= 4 is 6.09 Å². The van der Waals surface area contributed by atoms with E-state index in [1.54, 1.807) is 0 Å². The third-order valence-electron chi connectivity index (χ3n) is 3.29. The number of hydrogen-bond acceptors (Lipinski definition) is 3. The van der Waals surface area contributed by atoms with Crippen LogP contribution in [0.1, 0.15) is 46.5 Å². The van der Waals surface area contributed by atoms with E-state index in [0.717, 1.165) is 25.7 Å². The van der Waals surface area contributed by atoms with Gasteiger partial charge in [-0.3, -0.25) is 0 Å². The second-order valence-electron chi connectivity index (χ2n) is 5.72. The van der Waals surface area contributed by atoms with Gasteiger partial charge < -0.3 is 19.9 Å². The van der Waals surface area contributed by atoms with E-state index in [9.17, 15) is 15.0 Å². The molecular formula is C12H22NO3-. The number of carbonyl (C=O) groups excluding carboxylic acids is 1. The molecule has 0 aromatic heterocycles. The van der Waals surface area contributed by atoms with E-state index in [4.69, 9.17) is 0 Å². The highest BCUT2D eigenvalue weighted by molar-refractivity contribution is 5.63. The minimum absolute atomic E-state index is 0.192. The highest BCUT2D eigenvalue weighted by Crippen LogP contribution is 2.27. The van der Waals surface area contributed by atoms with Crippen LogP contribution in [0.15, 0.2) is 0 Å². The summed E-state index contributed by atoms with van der Waals surface area (Å²) in [6.07, 6.45) is 2.09. The Labute approximate surface area is 97.3 Å². The van der Waals surface area contributed by atoms with E-state index in [-0.39, 0.29) is 6.10 Å². The number of rotatable bonds is 2. The third-order valence-corrected chi connectivity index (χ3v) is 3.29. The Hall–Kier alpha value is -0.770. The second kappa shape index (κ2) is 5.04. The Bertz CT molecular complexity index is 239. The maximum atomic E-state index is 11.0. The van der Waals surface area contributed by atoms with Gasteiger partial charge in [0, 0.05) is 12.1 Å². The average molecular weight is 228 g/mol. The number of aliphatic hydroxyl groups is 1. The number of aliphatic hydroxyl groups excluding tert-OH is 1. The molecule has 0 aromatic carbocycles. The summed E-state index contributed by atoms with van der Waals surface area (Å²) in [7, 11) is 0. The van der Waals surface area contributed by atoms with Crippen LogP contribution in [0.3, 0.4) is 0 Å². The predicted molar refractivity (Wildman–Crippen MR) is 59.8 cm³/mol. The highest BCUT2D eigenvalue weighted by Gasteiger charge is 2.27. The lowest BCUT2D eigenvalue weighted by Gasteiger charge is -2.41. The molecule has 0 spiro atoms. The normalized spacial score (nSPS) is 26.5. The van der Waals surface area contributed by atoms with Gasteiger partial charge in [0.1, 0.15) is 6.09 Å². The van der Waals surface area contributed by atoms with Crippen LogP contribution in [-0.4, -0.2) is 34.3 Å².